The summed E-state index contributed by atoms with van der Waals surface area (Å²) in [5.74, 6) is 0. The number of allylic oxidation sites excluding steroid dienone is 1. The SMILES string of the molecule is CCCCC=CNC(=O)S. The predicted molar refractivity (Wildman–Crippen MR) is 46.2 cm³/mol. The smallest absolute Gasteiger partial charge is 0.279 e. The summed E-state index contributed by atoms with van der Waals surface area (Å²) in [6.45, 7) is 2.13. The van der Waals surface area contributed by atoms with Crippen LogP contribution in [0, 0.1) is 0 Å². The summed E-state index contributed by atoms with van der Waals surface area (Å²) in [7, 11) is 0. The number of nitrogens with one attached hydrogen (secondary N) is 1. The second kappa shape index (κ2) is 6.68. The van der Waals surface area contributed by atoms with Gasteiger partial charge >= 0.3 is 0 Å². The molecular weight excluding hydrogens is 146 g/mol. The van der Waals surface area contributed by atoms with E-state index in [1.165, 1.54) is 12.8 Å². The molecule has 0 rings (SSSR count). The number of carbonyl (C=O) groups is 1. The Kier molecular flexibility index (Phi) is 6.38. The number of rotatable bonds is 4. The van der Waals surface area contributed by atoms with Gasteiger partial charge in [-0.15, -0.1) is 0 Å². The first kappa shape index (κ1) is 9.56. The van der Waals surface area contributed by atoms with Gasteiger partial charge in [0.1, 0.15) is 0 Å². The zero-order valence-corrected chi connectivity index (χ0v) is 7.03. The van der Waals surface area contributed by atoms with Crippen molar-refractivity contribution >= 4 is 17.9 Å². The van der Waals surface area contributed by atoms with Crippen LogP contribution in [0.5, 0.6) is 0 Å². The molecule has 0 saturated heterocycles. The maximum Gasteiger partial charge on any atom is 0.279 e. The number of hydrogen-bond acceptors (Lipinski definition) is 1. The highest BCUT2D eigenvalue weighted by atomic mass is 32.1. The van der Waals surface area contributed by atoms with Crippen molar-refractivity contribution in [3.63, 3.8) is 0 Å². The van der Waals surface area contributed by atoms with E-state index in [0.717, 1.165) is 6.42 Å². The van der Waals surface area contributed by atoms with Gasteiger partial charge in [0.15, 0.2) is 0 Å². The van der Waals surface area contributed by atoms with E-state index in [4.69, 9.17) is 0 Å². The summed E-state index contributed by atoms with van der Waals surface area (Å²) < 4.78 is 0. The van der Waals surface area contributed by atoms with Crippen LogP contribution in [0.1, 0.15) is 26.2 Å². The predicted octanol–water partition coefficient (Wildman–Crippen LogP) is 2.33. The average molecular weight is 159 g/mol. The standard InChI is InChI=1S/C7H13NOS/c1-2-3-4-5-6-8-7(9)10/h5-6H,2-4H2,1H3,(H2,8,9,10). The molecule has 1 amide bonds. The summed E-state index contributed by atoms with van der Waals surface area (Å²) in [4.78, 5) is 10.2. The lowest BCUT2D eigenvalue weighted by molar-refractivity contribution is 0.263. The van der Waals surface area contributed by atoms with Crippen LogP contribution < -0.4 is 5.32 Å². The third kappa shape index (κ3) is 7.56. The second-order valence-electron chi connectivity index (χ2n) is 1.99. The zero-order chi connectivity index (χ0) is 7.82. The molecule has 2 nitrogen and oxygen atoms in total. The molecule has 0 aliphatic heterocycles. The van der Waals surface area contributed by atoms with Crippen LogP contribution in [0.25, 0.3) is 0 Å². The second-order valence-corrected chi connectivity index (χ2v) is 2.40. The van der Waals surface area contributed by atoms with Gasteiger partial charge in [-0.25, -0.2) is 0 Å². The molecule has 0 aliphatic carbocycles. The fourth-order valence-electron chi connectivity index (χ4n) is 0.536. The highest BCUT2D eigenvalue weighted by Gasteiger charge is 1.82. The van der Waals surface area contributed by atoms with Gasteiger partial charge in [0.25, 0.3) is 5.24 Å². The summed E-state index contributed by atoms with van der Waals surface area (Å²) >= 11 is 3.52. The third-order valence-electron chi connectivity index (χ3n) is 1.05. The minimum atomic E-state index is -0.312. The number of carbonyl (C=O) groups excluding carboxylic acids is 1. The first-order chi connectivity index (χ1) is 4.77. The van der Waals surface area contributed by atoms with Gasteiger partial charge in [0, 0.05) is 6.20 Å². The lowest BCUT2D eigenvalue weighted by Crippen LogP contribution is -2.06. The summed E-state index contributed by atoms with van der Waals surface area (Å²) in [5, 5.41) is 2.14. The molecule has 0 heterocycles. The Morgan fingerprint density at radius 3 is 2.90 bits per heavy atom. The number of amides is 1. The lowest BCUT2D eigenvalue weighted by atomic mass is 10.2. The summed E-state index contributed by atoms with van der Waals surface area (Å²) in [6, 6.07) is 0. The van der Waals surface area contributed by atoms with Crippen molar-refractivity contribution in [1.82, 2.24) is 5.32 Å². The van der Waals surface area contributed by atoms with E-state index in [0.29, 0.717) is 0 Å². The maximum atomic E-state index is 10.2. The Labute approximate surface area is 67.1 Å². The number of hydrogen-bond donors (Lipinski definition) is 2. The van der Waals surface area contributed by atoms with Crippen molar-refractivity contribution in [3.05, 3.63) is 12.3 Å². The van der Waals surface area contributed by atoms with Crippen molar-refractivity contribution in [3.8, 4) is 0 Å². The van der Waals surface area contributed by atoms with E-state index in [2.05, 4.69) is 24.9 Å². The topological polar surface area (TPSA) is 29.1 Å². The van der Waals surface area contributed by atoms with Crippen LogP contribution in [0.4, 0.5) is 4.79 Å². The van der Waals surface area contributed by atoms with Gasteiger partial charge in [-0.2, -0.15) is 0 Å². The molecule has 0 fully saturated rings. The van der Waals surface area contributed by atoms with Crippen molar-refractivity contribution < 1.29 is 4.79 Å². The largest absolute Gasteiger partial charge is 0.324 e. The summed E-state index contributed by atoms with van der Waals surface area (Å²) in [5.41, 5.74) is 0. The van der Waals surface area contributed by atoms with Crippen LogP contribution in [0.3, 0.4) is 0 Å². The van der Waals surface area contributed by atoms with E-state index in [1.54, 1.807) is 6.20 Å². The molecule has 0 bridgehead atoms. The van der Waals surface area contributed by atoms with Crippen LogP contribution in [0.2, 0.25) is 0 Å². The molecule has 0 radical (unpaired) electrons. The molecular formula is C7H13NOS. The molecule has 1 N–H and O–H groups in total. The molecule has 0 spiro atoms. The van der Waals surface area contributed by atoms with Gasteiger partial charge in [0.2, 0.25) is 0 Å². The van der Waals surface area contributed by atoms with Crippen LogP contribution in [0.15, 0.2) is 12.3 Å². The Balaban J connectivity index is 3.12. The van der Waals surface area contributed by atoms with Crippen molar-refractivity contribution in [1.29, 1.82) is 0 Å². The van der Waals surface area contributed by atoms with Gasteiger partial charge in [-0.3, -0.25) is 4.79 Å². The van der Waals surface area contributed by atoms with Gasteiger partial charge < -0.3 is 5.32 Å². The van der Waals surface area contributed by atoms with E-state index in [1.807, 2.05) is 6.08 Å². The minimum Gasteiger partial charge on any atom is -0.324 e. The van der Waals surface area contributed by atoms with E-state index in [-0.39, 0.29) is 5.24 Å². The summed E-state index contributed by atoms with van der Waals surface area (Å²) in [6.07, 6.45) is 6.92. The number of unbranched alkanes of at least 4 members (excludes halogenated alkanes) is 2. The molecule has 0 aromatic carbocycles. The third-order valence-corrected chi connectivity index (χ3v) is 1.18. The van der Waals surface area contributed by atoms with E-state index < -0.39 is 0 Å². The molecule has 0 atom stereocenters. The molecule has 0 aromatic rings. The van der Waals surface area contributed by atoms with E-state index >= 15 is 0 Å². The Morgan fingerprint density at radius 1 is 1.70 bits per heavy atom. The Bertz CT molecular complexity index is 123. The zero-order valence-electron chi connectivity index (χ0n) is 6.13. The normalized spacial score (nSPS) is 10.2. The fourth-order valence-corrected chi connectivity index (χ4v) is 0.610. The highest BCUT2D eigenvalue weighted by molar-refractivity contribution is 7.96. The molecule has 58 valence electrons. The van der Waals surface area contributed by atoms with Crippen LogP contribution >= 0.6 is 12.6 Å². The highest BCUT2D eigenvalue weighted by Crippen LogP contribution is 1.93. The molecule has 3 heteroatoms. The maximum absolute atomic E-state index is 10.2. The monoisotopic (exact) mass is 159 g/mol. The van der Waals surface area contributed by atoms with Crippen molar-refractivity contribution in [2.45, 2.75) is 26.2 Å². The molecule has 10 heavy (non-hydrogen) atoms. The average Bonchev–Trinajstić information content (AvgIpc) is 1.87. The van der Waals surface area contributed by atoms with Crippen LogP contribution in [-0.4, -0.2) is 5.24 Å². The first-order valence-electron chi connectivity index (χ1n) is 3.42. The number of thiol groups is 1. The van der Waals surface area contributed by atoms with Crippen LogP contribution in [-0.2, 0) is 0 Å². The fraction of sp³-hybridized carbons (Fsp3) is 0.571. The van der Waals surface area contributed by atoms with Crippen molar-refractivity contribution in [2.75, 3.05) is 0 Å². The molecule has 0 saturated carbocycles. The van der Waals surface area contributed by atoms with Gasteiger partial charge in [-0.05, 0) is 6.42 Å². The first-order valence-corrected chi connectivity index (χ1v) is 3.86. The van der Waals surface area contributed by atoms with Gasteiger partial charge in [-0.1, -0.05) is 38.5 Å². The Hall–Kier alpha value is -0.440. The molecule has 0 unspecified atom stereocenters. The lowest BCUT2D eigenvalue weighted by Gasteiger charge is -1.89. The molecule has 0 aliphatic rings. The Morgan fingerprint density at radius 2 is 2.40 bits per heavy atom. The van der Waals surface area contributed by atoms with Crippen molar-refractivity contribution in [2.24, 2.45) is 0 Å². The quantitative estimate of drug-likeness (QED) is 0.478. The van der Waals surface area contributed by atoms with E-state index in [9.17, 15) is 4.79 Å². The van der Waals surface area contributed by atoms with Gasteiger partial charge in [0.05, 0.1) is 0 Å². The molecule has 0 aromatic heterocycles. The minimum absolute atomic E-state index is 0.312.